The van der Waals surface area contributed by atoms with Gasteiger partial charge in [0.25, 0.3) is 5.91 Å². The summed E-state index contributed by atoms with van der Waals surface area (Å²) in [6.45, 7) is 1.81. The maximum atomic E-state index is 13.7. The number of sulfonamides is 1. The Morgan fingerprint density at radius 1 is 1.16 bits per heavy atom. The summed E-state index contributed by atoms with van der Waals surface area (Å²) in [5.41, 5.74) is 0.934. The van der Waals surface area contributed by atoms with Crippen molar-refractivity contribution in [3.63, 3.8) is 0 Å². The molecule has 0 spiro atoms. The molecule has 0 unspecified atom stereocenters. The molecule has 0 aliphatic carbocycles. The van der Waals surface area contributed by atoms with E-state index in [-0.39, 0.29) is 29.7 Å². The number of amides is 1. The fourth-order valence-corrected chi connectivity index (χ4v) is 4.85. The SMILES string of the molecule is Cc1ccc(S(=O)(=O)N[C@H]2CC[C@H](CCNC(=O)c3ccccc3F)O[C@@H]2CO)cc1. The molecule has 0 radical (unpaired) electrons. The summed E-state index contributed by atoms with van der Waals surface area (Å²) in [5, 5.41) is 12.4. The average Bonchev–Trinajstić information content (AvgIpc) is 2.75. The molecule has 0 bridgehead atoms. The minimum Gasteiger partial charge on any atom is -0.394 e. The molecular weight excluding hydrogens is 423 g/mol. The van der Waals surface area contributed by atoms with Crippen LogP contribution in [0.2, 0.25) is 0 Å². The van der Waals surface area contributed by atoms with E-state index in [1.54, 1.807) is 18.2 Å². The fourth-order valence-electron chi connectivity index (χ4n) is 3.55. The molecule has 9 heteroatoms. The highest BCUT2D eigenvalue weighted by Gasteiger charge is 2.33. The number of carbonyl (C=O) groups is 1. The number of rotatable bonds is 8. The third-order valence-corrected chi connectivity index (χ3v) is 6.81. The molecule has 3 N–H and O–H groups in total. The predicted molar refractivity (Wildman–Crippen MR) is 114 cm³/mol. The monoisotopic (exact) mass is 450 g/mol. The summed E-state index contributed by atoms with van der Waals surface area (Å²) in [6.07, 6.45) is 0.572. The number of aliphatic hydroxyl groups is 1. The topological polar surface area (TPSA) is 105 Å². The normalized spacial score (nSPS) is 21.6. The molecule has 0 aromatic heterocycles. The number of aryl methyl sites for hydroxylation is 1. The summed E-state index contributed by atoms with van der Waals surface area (Å²) < 4.78 is 47.4. The number of hydrogen-bond donors (Lipinski definition) is 3. The molecule has 1 saturated heterocycles. The molecule has 1 amide bonds. The van der Waals surface area contributed by atoms with Crippen molar-refractivity contribution < 1.29 is 27.4 Å². The first kappa shape index (κ1) is 23.3. The molecule has 2 aromatic carbocycles. The Morgan fingerprint density at radius 3 is 2.55 bits per heavy atom. The van der Waals surface area contributed by atoms with Crippen LogP contribution >= 0.6 is 0 Å². The molecule has 3 rings (SSSR count). The zero-order valence-corrected chi connectivity index (χ0v) is 18.1. The Morgan fingerprint density at radius 2 is 1.87 bits per heavy atom. The van der Waals surface area contributed by atoms with Crippen molar-refractivity contribution in [1.82, 2.24) is 10.0 Å². The van der Waals surface area contributed by atoms with E-state index in [0.29, 0.717) is 19.3 Å². The van der Waals surface area contributed by atoms with E-state index in [2.05, 4.69) is 10.0 Å². The molecule has 168 valence electrons. The van der Waals surface area contributed by atoms with E-state index in [9.17, 15) is 22.7 Å². The van der Waals surface area contributed by atoms with Gasteiger partial charge in [-0.25, -0.2) is 17.5 Å². The van der Waals surface area contributed by atoms with Gasteiger partial charge < -0.3 is 15.2 Å². The zero-order chi connectivity index (χ0) is 22.4. The smallest absolute Gasteiger partial charge is 0.254 e. The van der Waals surface area contributed by atoms with Gasteiger partial charge in [0.1, 0.15) is 5.82 Å². The average molecular weight is 451 g/mol. The standard InChI is InChI=1S/C22H27FN2O5S/c1-15-6-9-17(10-7-15)31(28,29)25-20-11-8-16(30-21(20)14-26)12-13-24-22(27)18-4-2-3-5-19(18)23/h2-7,9-10,16,20-21,25-26H,8,11-14H2,1H3,(H,24,27)/t16-,20+,21-/m1/s1. The van der Waals surface area contributed by atoms with Gasteiger partial charge in [-0.15, -0.1) is 0 Å². The van der Waals surface area contributed by atoms with Crippen LogP contribution in [0.25, 0.3) is 0 Å². The lowest BCUT2D eigenvalue weighted by Gasteiger charge is -2.36. The molecule has 1 heterocycles. The fraction of sp³-hybridized carbons (Fsp3) is 0.409. The zero-order valence-electron chi connectivity index (χ0n) is 17.3. The van der Waals surface area contributed by atoms with Gasteiger partial charge in [-0.1, -0.05) is 29.8 Å². The third-order valence-electron chi connectivity index (χ3n) is 5.30. The number of halogens is 1. The van der Waals surface area contributed by atoms with E-state index in [0.717, 1.165) is 5.56 Å². The molecule has 2 aromatic rings. The van der Waals surface area contributed by atoms with Crippen molar-refractivity contribution in [2.75, 3.05) is 13.2 Å². The largest absolute Gasteiger partial charge is 0.394 e. The van der Waals surface area contributed by atoms with Crippen LogP contribution in [-0.2, 0) is 14.8 Å². The second-order valence-electron chi connectivity index (χ2n) is 7.62. The van der Waals surface area contributed by atoms with Crippen LogP contribution in [0.5, 0.6) is 0 Å². The van der Waals surface area contributed by atoms with Crippen molar-refractivity contribution in [3.05, 3.63) is 65.5 Å². The van der Waals surface area contributed by atoms with Gasteiger partial charge in [-0.2, -0.15) is 0 Å². The molecule has 7 nitrogen and oxygen atoms in total. The Labute approximate surface area is 181 Å². The minimum atomic E-state index is -3.73. The van der Waals surface area contributed by atoms with Gasteiger partial charge >= 0.3 is 0 Å². The summed E-state index contributed by atoms with van der Waals surface area (Å²) >= 11 is 0. The van der Waals surface area contributed by atoms with E-state index in [4.69, 9.17) is 4.74 Å². The van der Waals surface area contributed by atoms with E-state index < -0.39 is 33.9 Å². The van der Waals surface area contributed by atoms with Crippen LogP contribution < -0.4 is 10.0 Å². The summed E-state index contributed by atoms with van der Waals surface area (Å²) in [5.74, 6) is -1.09. The van der Waals surface area contributed by atoms with Gasteiger partial charge in [0.05, 0.1) is 35.3 Å². The number of aliphatic hydroxyl groups excluding tert-OH is 1. The van der Waals surface area contributed by atoms with Crippen LogP contribution in [0.15, 0.2) is 53.4 Å². The highest BCUT2D eigenvalue weighted by molar-refractivity contribution is 7.89. The molecular formula is C22H27FN2O5S. The van der Waals surface area contributed by atoms with E-state index >= 15 is 0 Å². The first-order chi connectivity index (χ1) is 14.8. The number of ether oxygens (including phenoxy) is 1. The van der Waals surface area contributed by atoms with Crippen LogP contribution in [0.4, 0.5) is 4.39 Å². The molecule has 1 aliphatic heterocycles. The number of nitrogens with one attached hydrogen (secondary N) is 2. The molecule has 1 aliphatic rings. The van der Waals surface area contributed by atoms with Gasteiger partial charge in [0.15, 0.2) is 0 Å². The van der Waals surface area contributed by atoms with Crippen molar-refractivity contribution in [1.29, 1.82) is 0 Å². The van der Waals surface area contributed by atoms with Crippen molar-refractivity contribution in [2.45, 2.75) is 49.3 Å². The second kappa shape index (κ2) is 10.3. The summed E-state index contributed by atoms with van der Waals surface area (Å²) in [6, 6.07) is 11.7. The number of carbonyl (C=O) groups excluding carboxylic acids is 1. The van der Waals surface area contributed by atoms with Gasteiger partial charge in [0, 0.05) is 6.54 Å². The summed E-state index contributed by atoms with van der Waals surface area (Å²) in [4.78, 5) is 12.2. The lowest BCUT2D eigenvalue weighted by atomic mass is 9.98. The highest BCUT2D eigenvalue weighted by Crippen LogP contribution is 2.23. The highest BCUT2D eigenvalue weighted by atomic mass is 32.2. The minimum absolute atomic E-state index is 0.0223. The van der Waals surface area contributed by atoms with Gasteiger partial charge in [-0.05, 0) is 50.5 Å². The van der Waals surface area contributed by atoms with Crippen LogP contribution in [-0.4, -0.2) is 50.8 Å². The Bertz CT molecular complexity index is 997. The van der Waals surface area contributed by atoms with Gasteiger partial charge in [0.2, 0.25) is 10.0 Å². The summed E-state index contributed by atoms with van der Waals surface area (Å²) in [7, 11) is -3.73. The Hall–Kier alpha value is -2.33. The lowest BCUT2D eigenvalue weighted by molar-refractivity contribution is -0.0871. The maximum Gasteiger partial charge on any atom is 0.254 e. The van der Waals surface area contributed by atoms with Crippen molar-refractivity contribution >= 4 is 15.9 Å². The number of hydrogen-bond acceptors (Lipinski definition) is 5. The van der Waals surface area contributed by atoms with Crippen LogP contribution in [0.3, 0.4) is 0 Å². The molecule has 31 heavy (non-hydrogen) atoms. The lowest BCUT2D eigenvalue weighted by Crippen LogP contribution is -2.51. The molecule has 1 fully saturated rings. The maximum absolute atomic E-state index is 13.7. The molecule has 3 atom stereocenters. The van der Waals surface area contributed by atoms with Crippen LogP contribution in [0, 0.1) is 12.7 Å². The Balaban J connectivity index is 1.51. The second-order valence-corrected chi connectivity index (χ2v) is 9.34. The van der Waals surface area contributed by atoms with Gasteiger partial charge in [-0.3, -0.25) is 4.79 Å². The van der Waals surface area contributed by atoms with Crippen molar-refractivity contribution in [3.8, 4) is 0 Å². The van der Waals surface area contributed by atoms with Crippen molar-refractivity contribution in [2.24, 2.45) is 0 Å². The first-order valence-electron chi connectivity index (χ1n) is 10.2. The third kappa shape index (κ3) is 6.10. The number of benzene rings is 2. The quantitative estimate of drug-likeness (QED) is 0.572. The molecule has 0 saturated carbocycles. The predicted octanol–water partition coefficient (Wildman–Crippen LogP) is 2.14. The van der Waals surface area contributed by atoms with E-state index in [1.165, 1.54) is 30.3 Å². The first-order valence-corrected chi connectivity index (χ1v) is 11.7. The Kier molecular flexibility index (Phi) is 7.77. The van der Waals surface area contributed by atoms with E-state index in [1.807, 2.05) is 6.92 Å². The van der Waals surface area contributed by atoms with Crippen LogP contribution in [0.1, 0.15) is 35.2 Å².